The van der Waals surface area contributed by atoms with Gasteiger partial charge in [-0.3, -0.25) is 20.2 Å². The highest BCUT2D eigenvalue weighted by Gasteiger charge is 2.18. The van der Waals surface area contributed by atoms with Gasteiger partial charge in [-0.25, -0.2) is 4.98 Å². The van der Waals surface area contributed by atoms with E-state index in [1.807, 2.05) is 23.6 Å². The molecule has 0 aliphatic heterocycles. The Bertz CT molecular complexity index is 994. The lowest BCUT2D eigenvalue weighted by molar-refractivity contribution is -0.402. The number of amides is 1. The van der Waals surface area contributed by atoms with Gasteiger partial charge >= 0.3 is 5.88 Å². The predicted molar refractivity (Wildman–Crippen MR) is 110 cm³/mol. The maximum atomic E-state index is 12.1. The van der Waals surface area contributed by atoms with Crippen LogP contribution in [0.3, 0.4) is 0 Å². The topological polar surface area (TPSA) is 117 Å². The number of carbonyl (C=O) groups excluding carboxylic acids is 1. The molecule has 0 bridgehead atoms. The van der Waals surface area contributed by atoms with Crippen LogP contribution in [-0.2, 0) is 11.5 Å². The average molecular weight is 435 g/mol. The number of benzene rings is 1. The summed E-state index contributed by atoms with van der Waals surface area (Å²) in [6.45, 7) is 0. The van der Waals surface area contributed by atoms with Crippen LogP contribution in [0.15, 0.2) is 40.1 Å². The Morgan fingerprint density at radius 2 is 1.97 bits per heavy atom. The number of nitrogens with zero attached hydrogens (tertiary/aromatic N) is 2. The number of nitrogens with one attached hydrogen (secondary N) is 1. The Hall–Kier alpha value is -3.05. The largest absolute Gasteiger partial charge is 0.497 e. The highest BCUT2D eigenvalue weighted by atomic mass is 32.2. The first kappa shape index (κ1) is 20.7. The van der Waals surface area contributed by atoms with E-state index in [-0.39, 0.29) is 5.76 Å². The standard InChI is InChI=1S/C18H17N3O6S2/c1-25-13-5-11(6-14(7-13)26-2)8-28-9-12-10-29-18(19-12)20-17(22)15-3-4-16(27-15)21(23)24/h3-7,10H,8-9H2,1-2H3,(H,19,20,22). The van der Waals surface area contributed by atoms with E-state index in [0.717, 1.165) is 34.6 Å². The third kappa shape index (κ3) is 5.48. The summed E-state index contributed by atoms with van der Waals surface area (Å²) in [5, 5.41) is 15.4. The summed E-state index contributed by atoms with van der Waals surface area (Å²) in [4.78, 5) is 26.4. The van der Waals surface area contributed by atoms with Crippen molar-refractivity contribution in [3.8, 4) is 11.5 Å². The van der Waals surface area contributed by atoms with E-state index in [1.54, 1.807) is 26.0 Å². The van der Waals surface area contributed by atoms with Gasteiger partial charge in [-0.1, -0.05) is 0 Å². The van der Waals surface area contributed by atoms with Crippen molar-refractivity contribution < 1.29 is 23.6 Å². The molecule has 0 aliphatic carbocycles. The fourth-order valence-electron chi connectivity index (χ4n) is 2.36. The number of ether oxygens (including phenoxy) is 2. The molecule has 2 heterocycles. The summed E-state index contributed by atoms with van der Waals surface area (Å²) < 4.78 is 15.4. The maximum Gasteiger partial charge on any atom is 0.433 e. The van der Waals surface area contributed by atoms with E-state index in [2.05, 4.69) is 10.3 Å². The van der Waals surface area contributed by atoms with Crippen LogP contribution in [0, 0.1) is 10.1 Å². The molecule has 152 valence electrons. The number of anilines is 1. The highest BCUT2D eigenvalue weighted by molar-refractivity contribution is 7.97. The summed E-state index contributed by atoms with van der Waals surface area (Å²) >= 11 is 2.93. The van der Waals surface area contributed by atoms with E-state index >= 15 is 0 Å². The molecular formula is C18H17N3O6S2. The van der Waals surface area contributed by atoms with Crippen molar-refractivity contribution in [1.29, 1.82) is 0 Å². The lowest BCUT2D eigenvalue weighted by Crippen LogP contribution is -2.10. The maximum absolute atomic E-state index is 12.1. The van der Waals surface area contributed by atoms with E-state index in [0.29, 0.717) is 10.9 Å². The van der Waals surface area contributed by atoms with Crippen molar-refractivity contribution in [2.75, 3.05) is 19.5 Å². The van der Waals surface area contributed by atoms with Gasteiger partial charge in [0.15, 0.2) is 10.9 Å². The first-order valence-corrected chi connectivity index (χ1v) is 10.3. The number of furan rings is 1. The van der Waals surface area contributed by atoms with Gasteiger partial charge in [0.1, 0.15) is 16.4 Å². The molecule has 0 spiro atoms. The summed E-state index contributed by atoms with van der Waals surface area (Å²) in [5.41, 5.74) is 1.88. The van der Waals surface area contributed by atoms with E-state index < -0.39 is 16.7 Å². The van der Waals surface area contributed by atoms with Crippen molar-refractivity contribution in [2.24, 2.45) is 0 Å². The summed E-state index contributed by atoms with van der Waals surface area (Å²) in [7, 11) is 3.22. The van der Waals surface area contributed by atoms with Crippen molar-refractivity contribution >= 4 is 40.0 Å². The van der Waals surface area contributed by atoms with Gasteiger partial charge in [0.2, 0.25) is 0 Å². The third-order valence-corrected chi connectivity index (χ3v) is 5.54. The van der Waals surface area contributed by atoms with E-state index in [1.165, 1.54) is 17.4 Å². The molecule has 0 unspecified atom stereocenters. The molecule has 0 saturated heterocycles. The van der Waals surface area contributed by atoms with Gasteiger partial charge in [-0.15, -0.1) is 11.3 Å². The van der Waals surface area contributed by atoms with Crippen molar-refractivity contribution in [3.05, 3.63) is 62.8 Å². The zero-order valence-electron chi connectivity index (χ0n) is 15.5. The van der Waals surface area contributed by atoms with Crippen molar-refractivity contribution in [1.82, 2.24) is 4.98 Å². The molecule has 1 amide bonds. The third-order valence-electron chi connectivity index (χ3n) is 3.70. The smallest absolute Gasteiger partial charge is 0.433 e. The molecule has 29 heavy (non-hydrogen) atoms. The first-order valence-electron chi connectivity index (χ1n) is 8.28. The summed E-state index contributed by atoms with van der Waals surface area (Å²) in [5.74, 6) is 1.64. The highest BCUT2D eigenvalue weighted by Crippen LogP contribution is 2.27. The number of aromatic nitrogens is 1. The molecule has 3 aromatic rings. The molecule has 1 N–H and O–H groups in total. The minimum atomic E-state index is -0.701. The lowest BCUT2D eigenvalue weighted by Gasteiger charge is -2.08. The fourth-order valence-corrected chi connectivity index (χ4v) is 4.03. The minimum Gasteiger partial charge on any atom is -0.497 e. The Labute approximate surface area is 174 Å². The van der Waals surface area contributed by atoms with Gasteiger partial charge in [0.05, 0.1) is 26.0 Å². The molecule has 0 radical (unpaired) electrons. The summed E-state index contributed by atoms with van der Waals surface area (Å²) in [6, 6.07) is 8.10. The SMILES string of the molecule is COc1cc(CSCc2csc(NC(=O)c3ccc([N+](=O)[O-])o3)n2)cc(OC)c1. The van der Waals surface area contributed by atoms with Crippen LogP contribution in [0.2, 0.25) is 0 Å². The molecule has 2 aromatic heterocycles. The van der Waals surface area contributed by atoms with Gasteiger partial charge in [-0.2, -0.15) is 11.8 Å². The van der Waals surface area contributed by atoms with Crippen LogP contribution in [0.1, 0.15) is 21.8 Å². The Morgan fingerprint density at radius 1 is 1.24 bits per heavy atom. The van der Waals surface area contributed by atoms with Gasteiger partial charge in [0.25, 0.3) is 5.91 Å². The van der Waals surface area contributed by atoms with Crippen LogP contribution in [0.25, 0.3) is 0 Å². The monoisotopic (exact) mass is 435 g/mol. The second-order valence-electron chi connectivity index (χ2n) is 5.71. The van der Waals surface area contributed by atoms with Crippen LogP contribution in [0.5, 0.6) is 11.5 Å². The molecule has 1 aromatic carbocycles. The van der Waals surface area contributed by atoms with Crippen LogP contribution < -0.4 is 14.8 Å². The minimum absolute atomic E-state index is 0.144. The normalized spacial score (nSPS) is 10.6. The van der Waals surface area contributed by atoms with E-state index in [9.17, 15) is 14.9 Å². The Morgan fingerprint density at radius 3 is 2.59 bits per heavy atom. The number of nitro groups is 1. The molecule has 0 aliphatic rings. The lowest BCUT2D eigenvalue weighted by atomic mass is 10.2. The molecule has 9 nitrogen and oxygen atoms in total. The van der Waals surface area contributed by atoms with Crippen molar-refractivity contribution in [3.63, 3.8) is 0 Å². The zero-order chi connectivity index (χ0) is 20.8. The number of rotatable bonds is 9. The van der Waals surface area contributed by atoms with Gasteiger partial charge < -0.3 is 13.9 Å². The molecular weight excluding hydrogens is 418 g/mol. The van der Waals surface area contributed by atoms with Crippen LogP contribution >= 0.6 is 23.1 Å². The zero-order valence-corrected chi connectivity index (χ0v) is 17.2. The molecule has 0 fully saturated rings. The van der Waals surface area contributed by atoms with Crippen LogP contribution in [-0.4, -0.2) is 30.0 Å². The number of thioether (sulfide) groups is 1. The molecule has 11 heteroatoms. The number of hydrogen-bond donors (Lipinski definition) is 1. The second kappa shape index (κ2) is 9.43. The molecule has 0 atom stereocenters. The Balaban J connectivity index is 1.54. The van der Waals surface area contributed by atoms with E-state index in [4.69, 9.17) is 13.9 Å². The molecule has 3 rings (SSSR count). The predicted octanol–water partition coefficient (Wildman–Crippen LogP) is 4.35. The quantitative estimate of drug-likeness (QED) is 0.389. The average Bonchev–Trinajstić information content (AvgIpc) is 3.37. The van der Waals surface area contributed by atoms with Crippen LogP contribution in [0.4, 0.5) is 11.0 Å². The Kier molecular flexibility index (Phi) is 6.73. The second-order valence-corrected chi connectivity index (χ2v) is 7.55. The fraction of sp³-hybridized carbons (Fsp3) is 0.222. The van der Waals surface area contributed by atoms with Gasteiger partial charge in [-0.05, 0) is 23.8 Å². The van der Waals surface area contributed by atoms with Crippen molar-refractivity contribution in [2.45, 2.75) is 11.5 Å². The molecule has 0 saturated carbocycles. The van der Waals surface area contributed by atoms with Gasteiger partial charge in [0, 0.05) is 23.0 Å². The number of methoxy groups -OCH3 is 2. The summed E-state index contributed by atoms with van der Waals surface area (Å²) in [6.07, 6.45) is 0. The first-order chi connectivity index (χ1) is 14.0. The number of hydrogen-bond acceptors (Lipinski definition) is 9. The number of thiazole rings is 1. The number of carbonyl (C=O) groups is 1.